The third kappa shape index (κ3) is 4.40. The SMILES string of the molecule is Cc1c(Cl)cccc1N(C(=O)Cc1ccc(-c2ccccc2)cc1)c1nc2ccccc2s1. The van der Waals surface area contributed by atoms with E-state index < -0.39 is 0 Å². The second-order valence-corrected chi connectivity index (χ2v) is 9.23. The maximum Gasteiger partial charge on any atom is 0.237 e. The van der Waals surface area contributed by atoms with Crippen LogP contribution in [0.2, 0.25) is 5.02 Å². The zero-order valence-corrected chi connectivity index (χ0v) is 19.6. The lowest BCUT2D eigenvalue weighted by atomic mass is 10.0. The van der Waals surface area contributed by atoms with E-state index >= 15 is 0 Å². The molecule has 0 aliphatic heterocycles. The fourth-order valence-corrected chi connectivity index (χ4v) is 5.00. The first-order chi connectivity index (χ1) is 16.1. The monoisotopic (exact) mass is 468 g/mol. The van der Waals surface area contributed by atoms with Crippen molar-refractivity contribution >= 4 is 49.9 Å². The van der Waals surface area contributed by atoms with Gasteiger partial charge in [0, 0.05) is 5.02 Å². The number of aromatic nitrogens is 1. The van der Waals surface area contributed by atoms with Crippen LogP contribution in [0.5, 0.6) is 0 Å². The van der Waals surface area contributed by atoms with Crippen LogP contribution in [0.4, 0.5) is 10.8 Å². The van der Waals surface area contributed by atoms with Gasteiger partial charge >= 0.3 is 0 Å². The molecule has 1 amide bonds. The standard InChI is InChI=1S/C28H21ClN2OS/c1-19-23(29)10-7-12-25(19)31(28-30-24-11-5-6-13-26(24)33-28)27(32)18-20-14-16-22(17-15-20)21-8-3-2-4-9-21/h2-17H,18H2,1H3. The Morgan fingerprint density at radius 1 is 0.848 bits per heavy atom. The average molecular weight is 469 g/mol. The van der Waals surface area contributed by atoms with E-state index in [1.54, 1.807) is 4.90 Å². The molecular weight excluding hydrogens is 448 g/mol. The molecular formula is C28H21ClN2OS. The minimum atomic E-state index is -0.0492. The van der Waals surface area contributed by atoms with Gasteiger partial charge in [0.15, 0.2) is 5.13 Å². The molecule has 0 radical (unpaired) electrons. The van der Waals surface area contributed by atoms with Crippen molar-refractivity contribution in [2.24, 2.45) is 0 Å². The second kappa shape index (κ2) is 9.18. The Labute approximate surface area is 201 Å². The molecule has 0 aliphatic carbocycles. The van der Waals surface area contributed by atoms with Crippen LogP contribution in [-0.4, -0.2) is 10.9 Å². The molecule has 0 fully saturated rings. The summed E-state index contributed by atoms with van der Waals surface area (Å²) < 4.78 is 1.04. The van der Waals surface area contributed by atoms with Gasteiger partial charge in [-0.3, -0.25) is 9.69 Å². The van der Waals surface area contributed by atoms with Crippen molar-refractivity contribution in [3.05, 3.63) is 113 Å². The van der Waals surface area contributed by atoms with Crippen molar-refractivity contribution in [1.29, 1.82) is 0 Å². The number of amides is 1. The van der Waals surface area contributed by atoms with Gasteiger partial charge in [0.05, 0.1) is 22.3 Å². The van der Waals surface area contributed by atoms with E-state index in [1.807, 2.05) is 79.7 Å². The molecule has 5 rings (SSSR count). The summed E-state index contributed by atoms with van der Waals surface area (Å²) >= 11 is 7.91. The highest BCUT2D eigenvalue weighted by atomic mass is 35.5. The Kier molecular flexibility index (Phi) is 5.95. The van der Waals surface area contributed by atoms with E-state index in [4.69, 9.17) is 16.6 Å². The number of para-hydroxylation sites is 1. The predicted molar refractivity (Wildman–Crippen MR) is 139 cm³/mol. The van der Waals surface area contributed by atoms with Gasteiger partial charge in [0.25, 0.3) is 0 Å². The van der Waals surface area contributed by atoms with E-state index in [0.29, 0.717) is 10.2 Å². The molecule has 0 unspecified atom stereocenters. The number of carbonyl (C=O) groups excluding carboxylic acids is 1. The molecule has 4 aromatic carbocycles. The molecule has 1 heterocycles. The molecule has 0 saturated heterocycles. The minimum Gasteiger partial charge on any atom is -0.274 e. The highest BCUT2D eigenvalue weighted by molar-refractivity contribution is 7.22. The van der Waals surface area contributed by atoms with E-state index in [1.165, 1.54) is 11.3 Å². The maximum atomic E-state index is 13.7. The number of nitrogens with zero attached hydrogens (tertiary/aromatic N) is 2. The van der Waals surface area contributed by atoms with E-state index in [2.05, 4.69) is 24.3 Å². The van der Waals surface area contributed by atoms with Crippen LogP contribution >= 0.6 is 22.9 Å². The highest BCUT2D eigenvalue weighted by Gasteiger charge is 2.24. The number of halogens is 1. The van der Waals surface area contributed by atoms with Crippen LogP contribution in [0.1, 0.15) is 11.1 Å². The fourth-order valence-electron chi connectivity index (χ4n) is 3.84. The average Bonchev–Trinajstić information content (AvgIpc) is 3.26. The molecule has 3 nitrogen and oxygen atoms in total. The van der Waals surface area contributed by atoms with E-state index in [9.17, 15) is 4.79 Å². The number of hydrogen-bond acceptors (Lipinski definition) is 3. The molecule has 162 valence electrons. The first kappa shape index (κ1) is 21.4. The Bertz CT molecular complexity index is 1390. The van der Waals surface area contributed by atoms with Gasteiger partial charge in [0.1, 0.15) is 0 Å². The van der Waals surface area contributed by atoms with Crippen LogP contribution < -0.4 is 4.90 Å². The van der Waals surface area contributed by atoms with Gasteiger partial charge in [0.2, 0.25) is 5.91 Å². The molecule has 0 saturated carbocycles. The maximum absolute atomic E-state index is 13.7. The van der Waals surface area contributed by atoms with Crippen molar-refractivity contribution in [1.82, 2.24) is 4.98 Å². The van der Waals surface area contributed by atoms with Gasteiger partial charge in [-0.05, 0) is 53.4 Å². The van der Waals surface area contributed by atoms with Crippen LogP contribution in [-0.2, 0) is 11.2 Å². The first-order valence-corrected chi connectivity index (χ1v) is 11.9. The quantitative estimate of drug-likeness (QED) is 0.263. The van der Waals surface area contributed by atoms with Crippen molar-refractivity contribution < 1.29 is 4.79 Å². The Balaban J connectivity index is 1.50. The van der Waals surface area contributed by atoms with E-state index in [-0.39, 0.29) is 12.3 Å². The predicted octanol–water partition coefficient (Wildman–Crippen LogP) is 7.83. The number of benzene rings is 4. The molecule has 33 heavy (non-hydrogen) atoms. The van der Waals surface area contributed by atoms with Crippen LogP contribution in [0.15, 0.2) is 97.1 Å². The topological polar surface area (TPSA) is 33.2 Å². The molecule has 0 aliphatic rings. The molecule has 5 aromatic rings. The molecule has 0 N–H and O–H groups in total. The zero-order valence-electron chi connectivity index (χ0n) is 18.0. The molecule has 0 atom stereocenters. The summed E-state index contributed by atoms with van der Waals surface area (Å²) in [6, 6.07) is 31.9. The zero-order chi connectivity index (χ0) is 22.8. The summed E-state index contributed by atoms with van der Waals surface area (Å²) in [5.74, 6) is -0.0492. The van der Waals surface area contributed by atoms with Crippen LogP contribution in [0.3, 0.4) is 0 Å². The number of anilines is 2. The lowest BCUT2D eigenvalue weighted by Crippen LogP contribution is -2.28. The largest absolute Gasteiger partial charge is 0.274 e. The van der Waals surface area contributed by atoms with Crippen molar-refractivity contribution in [2.75, 3.05) is 4.90 Å². The third-order valence-corrected chi connectivity index (χ3v) is 7.05. The molecule has 0 spiro atoms. The van der Waals surface area contributed by atoms with Gasteiger partial charge in [-0.15, -0.1) is 0 Å². The van der Waals surface area contributed by atoms with Crippen molar-refractivity contribution in [2.45, 2.75) is 13.3 Å². The normalized spacial score (nSPS) is 11.0. The lowest BCUT2D eigenvalue weighted by molar-refractivity contribution is -0.117. The Morgan fingerprint density at radius 3 is 2.30 bits per heavy atom. The number of hydrogen-bond donors (Lipinski definition) is 0. The smallest absolute Gasteiger partial charge is 0.237 e. The Hall–Kier alpha value is -3.47. The number of carbonyl (C=O) groups is 1. The summed E-state index contributed by atoms with van der Waals surface area (Å²) in [7, 11) is 0. The number of fused-ring (bicyclic) bond motifs is 1. The number of thiazole rings is 1. The summed E-state index contributed by atoms with van der Waals surface area (Å²) in [6.07, 6.45) is 0.261. The summed E-state index contributed by atoms with van der Waals surface area (Å²) in [5.41, 5.74) is 5.72. The minimum absolute atomic E-state index is 0.0492. The van der Waals surface area contributed by atoms with Crippen molar-refractivity contribution in [3.63, 3.8) is 0 Å². The number of rotatable bonds is 5. The summed E-state index contributed by atoms with van der Waals surface area (Å²) in [6.45, 7) is 1.93. The third-order valence-electron chi connectivity index (χ3n) is 5.62. The van der Waals surface area contributed by atoms with Gasteiger partial charge < -0.3 is 0 Å². The molecule has 5 heteroatoms. The van der Waals surface area contributed by atoms with Gasteiger partial charge in [-0.2, -0.15) is 0 Å². The summed E-state index contributed by atoms with van der Waals surface area (Å²) in [5, 5.41) is 1.27. The molecule has 0 bridgehead atoms. The van der Waals surface area contributed by atoms with Gasteiger partial charge in [-0.1, -0.05) is 95.7 Å². The Morgan fingerprint density at radius 2 is 1.55 bits per heavy atom. The first-order valence-electron chi connectivity index (χ1n) is 10.7. The van der Waals surface area contributed by atoms with Crippen LogP contribution in [0, 0.1) is 6.92 Å². The van der Waals surface area contributed by atoms with Gasteiger partial charge in [-0.25, -0.2) is 4.98 Å². The van der Waals surface area contributed by atoms with E-state index in [0.717, 1.165) is 38.2 Å². The van der Waals surface area contributed by atoms with Crippen LogP contribution in [0.25, 0.3) is 21.3 Å². The lowest BCUT2D eigenvalue weighted by Gasteiger charge is -2.22. The highest BCUT2D eigenvalue weighted by Crippen LogP contribution is 2.37. The summed E-state index contributed by atoms with van der Waals surface area (Å²) in [4.78, 5) is 20.1. The second-order valence-electron chi connectivity index (χ2n) is 7.82. The van der Waals surface area contributed by atoms with Crippen molar-refractivity contribution in [3.8, 4) is 11.1 Å². The molecule has 1 aromatic heterocycles. The fraction of sp³-hybridized carbons (Fsp3) is 0.0714.